The van der Waals surface area contributed by atoms with Gasteiger partial charge in [0.1, 0.15) is 0 Å². The molecule has 2 aromatic carbocycles. The fourth-order valence-electron chi connectivity index (χ4n) is 2.89. The Hall–Kier alpha value is -3.04. The lowest BCUT2D eigenvalue weighted by atomic mass is 10.1. The highest BCUT2D eigenvalue weighted by atomic mass is 32.2. The Balaban J connectivity index is 1.93. The first-order chi connectivity index (χ1) is 14.4. The van der Waals surface area contributed by atoms with Gasteiger partial charge < -0.3 is 18.9 Å². The highest BCUT2D eigenvalue weighted by Crippen LogP contribution is 2.41. The van der Waals surface area contributed by atoms with Crippen LogP contribution in [0.2, 0.25) is 0 Å². The zero-order valence-corrected chi connectivity index (χ0v) is 18.4. The van der Waals surface area contributed by atoms with Gasteiger partial charge in [-0.1, -0.05) is 24.0 Å². The molecule has 7 nitrogen and oxygen atoms in total. The quantitative estimate of drug-likeness (QED) is 0.377. The van der Waals surface area contributed by atoms with Crippen LogP contribution < -0.4 is 19.1 Å². The molecule has 1 aliphatic heterocycles. The summed E-state index contributed by atoms with van der Waals surface area (Å²) in [5.41, 5.74) is 1.66. The van der Waals surface area contributed by atoms with E-state index < -0.39 is 5.97 Å². The molecule has 3 rings (SSSR count). The van der Waals surface area contributed by atoms with Crippen molar-refractivity contribution in [1.82, 2.24) is 0 Å². The van der Waals surface area contributed by atoms with E-state index in [1.807, 2.05) is 0 Å². The van der Waals surface area contributed by atoms with Crippen LogP contribution in [0.25, 0.3) is 6.08 Å². The summed E-state index contributed by atoms with van der Waals surface area (Å²) >= 11 is 6.59. The third-order valence-electron chi connectivity index (χ3n) is 4.33. The van der Waals surface area contributed by atoms with Crippen LogP contribution in [0.1, 0.15) is 15.9 Å². The van der Waals surface area contributed by atoms with E-state index in [2.05, 4.69) is 0 Å². The third kappa shape index (κ3) is 4.12. The Bertz CT molecular complexity index is 1010. The van der Waals surface area contributed by atoms with Gasteiger partial charge in [0.05, 0.1) is 44.6 Å². The van der Waals surface area contributed by atoms with Crippen molar-refractivity contribution in [2.75, 3.05) is 33.3 Å². The zero-order valence-electron chi connectivity index (χ0n) is 16.8. The van der Waals surface area contributed by atoms with Crippen molar-refractivity contribution < 1.29 is 28.5 Å². The van der Waals surface area contributed by atoms with Gasteiger partial charge in [-0.05, 0) is 48.0 Å². The summed E-state index contributed by atoms with van der Waals surface area (Å²) in [6.07, 6.45) is 1.71. The predicted molar refractivity (Wildman–Crippen MR) is 120 cm³/mol. The van der Waals surface area contributed by atoms with E-state index in [1.54, 1.807) is 42.5 Å². The predicted octanol–water partition coefficient (Wildman–Crippen LogP) is 3.90. The van der Waals surface area contributed by atoms with Gasteiger partial charge in [0, 0.05) is 0 Å². The maximum Gasteiger partial charge on any atom is 0.337 e. The maximum atomic E-state index is 13.0. The van der Waals surface area contributed by atoms with Gasteiger partial charge in [0.15, 0.2) is 15.8 Å². The average molecular weight is 446 g/mol. The van der Waals surface area contributed by atoms with E-state index in [9.17, 15) is 9.59 Å². The third-order valence-corrected chi connectivity index (χ3v) is 5.63. The van der Waals surface area contributed by atoms with Gasteiger partial charge >= 0.3 is 5.97 Å². The summed E-state index contributed by atoms with van der Waals surface area (Å²) in [4.78, 5) is 26.5. The van der Waals surface area contributed by atoms with Gasteiger partial charge in [-0.25, -0.2) is 4.79 Å². The minimum atomic E-state index is -0.450. The van der Waals surface area contributed by atoms with E-state index in [0.717, 1.165) is 0 Å². The van der Waals surface area contributed by atoms with Crippen molar-refractivity contribution >= 4 is 51.9 Å². The van der Waals surface area contributed by atoms with Crippen molar-refractivity contribution in [2.45, 2.75) is 0 Å². The SMILES string of the molecule is COC(=O)c1ccc(N2C(=O)C(=Cc3cc(OC)c(OC)c(OC)c3)SC2=S)cc1. The van der Waals surface area contributed by atoms with Crippen LogP contribution >= 0.6 is 24.0 Å². The number of carbonyl (C=O) groups is 2. The number of nitrogens with zero attached hydrogens (tertiary/aromatic N) is 1. The highest BCUT2D eigenvalue weighted by Gasteiger charge is 2.33. The second kappa shape index (κ2) is 9.19. The van der Waals surface area contributed by atoms with Crippen LogP contribution in [-0.2, 0) is 9.53 Å². The van der Waals surface area contributed by atoms with Crippen LogP contribution in [-0.4, -0.2) is 44.6 Å². The first kappa shape index (κ1) is 21.7. The van der Waals surface area contributed by atoms with Gasteiger partial charge in [0.2, 0.25) is 5.75 Å². The van der Waals surface area contributed by atoms with Crippen molar-refractivity contribution in [3.8, 4) is 17.2 Å². The smallest absolute Gasteiger partial charge is 0.337 e. The molecule has 0 atom stereocenters. The van der Waals surface area contributed by atoms with E-state index in [-0.39, 0.29) is 5.91 Å². The average Bonchev–Trinajstić information content (AvgIpc) is 3.05. The molecule has 1 amide bonds. The fourth-order valence-corrected chi connectivity index (χ4v) is 4.19. The lowest BCUT2D eigenvalue weighted by molar-refractivity contribution is -0.113. The van der Waals surface area contributed by atoms with Crippen LogP contribution in [0.3, 0.4) is 0 Å². The highest BCUT2D eigenvalue weighted by molar-refractivity contribution is 8.27. The standard InChI is InChI=1S/C21H19NO6S2/c1-25-15-9-12(10-16(26-2)18(15)27-3)11-17-19(23)22(21(29)30-17)14-7-5-13(6-8-14)20(24)28-4/h5-11H,1-4H3. The van der Waals surface area contributed by atoms with Crippen LogP contribution in [0.15, 0.2) is 41.3 Å². The number of benzene rings is 2. The number of thioether (sulfide) groups is 1. The van der Waals surface area contributed by atoms with E-state index in [4.69, 9.17) is 31.2 Å². The molecule has 2 aromatic rings. The van der Waals surface area contributed by atoms with Crippen LogP contribution in [0.4, 0.5) is 5.69 Å². The molecule has 0 aliphatic carbocycles. The summed E-state index contributed by atoms with van der Waals surface area (Å²) in [6.45, 7) is 0. The number of carbonyl (C=O) groups excluding carboxylic acids is 2. The fraction of sp³-hybridized carbons (Fsp3) is 0.190. The Kier molecular flexibility index (Phi) is 6.63. The van der Waals surface area contributed by atoms with Crippen LogP contribution in [0, 0.1) is 0 Å². The number of ether oxygens (including phenoxy) is 4. The molecule has 0 unspecified atom stereocenters. The summed E-state index contributed by atoms with van der Waals surface area (Å²) in [5.74, 6) is 0.725. The number of hydrogen-bond acceptors (Lipinski definition) is 8. The summed E-state index contributed by atoms with van der Waals surface area (Å²) in [5, 5.41) is 0. The van der Waals surface area contributed by atoms with Crippen molar-refractivity contribution in [2.24, 2.45) is 0 Å². The number of thiocarbonyl (C=S) groups is 1. The number of anilines is 1. The minimum absolute atomic E-state index is 0.260. The number of methoxy groups -OCH3 is 4. The molecule has 0 bridgehead atoms. The summed E-state index contributed by atoms with van der Waals surface area (Å²) in [7, 11) is 5.89. The second-order valence-electron chi connectivity index (χ2n) is 6.01. The lowest BCUT2D eigenvalue weighted by Crippen LogP contribution is -2.27. The number of rotatable bonds is 6. The Morgan fingerprint density at radius 1 is 1.00 bits per heavy atom. The molecular weight excluding hydrogens is 426 g/mol. The molecule has 156 valence electrons. The molecule has 30 heavy (non-hydrogen) atoms. The molecule has 0 radical (unpaired) electrons. The first-order valence-corrected chi connectivity index (χ1v) is 9.92. The summed E-state index contributed by atoms with van der Waals surface area (Å²) < 4.78 is 21.1. The number of hydrogen-bond donors (Lipinski definition) is 0. The summed E-state index contributed by atoms with van der Waals surface area (Å²) in [6, 6.07) is 9.97. The zero-order chi connectivity index (χ0) is 21.8. The molecule has 0 spiro atoms. The molecular formula is C21H19NO6S2. The van der Waals surface area contributed by atoms with Gasteiger partial charge in [-0.3, -0.25) is 9.69 Å². The number of esters is 1. The molecule has 0 N–H and O–H groups in total. The Morgan fingerprint density at radius 3 is 2.10 bits per heavy atom. The van der Waals surface area contributed by atoms with Gasteiger partial charge in [-0.15, -0.1) is 0 Å². The normalized spacial score (nSPS) is 14.8. The monoisotopic (exact) mass is 445 g/mol. The molecule has 1 saturated heterocycles. The van der Waals surface area contributed by atoms with E-state index >= 15 is 0 Å². The molecule has 1 heterocycles. The lowest BCUT2D eigenvalue weighted by Gasteiger charge is -2.15. The van der Waals surface area contributed by atoms with E-state index in [1.165, 1.54) is 45.1 Å². The largest absolute Gasteiger partial charge is 0.493 e. The van der Waals surface area contributed by atoms with E-state index in [0.29, 0.717) is 43.3 Å². The molecule has 1 fully saturated rings. The van der Waals surface area contributed by atoms with Gasteiger partial charge in [-0.2, -0.15) is 0 Å². The second-order valence-corrected chi connectivity index (χ2v) is 7.69. The minimum Gasteiger partial charge on any atom is -0.493 e. The van der Waals surface area contributed by atoms with Gasteiger partial charge in [0.25, 0.3) is 5.91 Å². The van der Waals surface area contributed by atoms with Crippen molar-refractivity contribution in [1.29, 1.82) is 0 Å². The van der Waals surface area contributed by atoms with Crippen molar-refractivity contribution in [3.05, 3.63) is 52.4 Å². The maximum absolute atomic E-state index is 13.0. The number of amides is 1. The Morgan fingerprint density at radius 2 is 1.60 bits per heavy atom. The molecule has 0 aromatic heterocycles. The molecule has 9 heteroatoms. The first-order valence-electron chi connectivity index (χ1n) is 8.69. The van der Waals surface area contributed by atoms with Crippen LogP contribution in [0.5, 0.6) is 17.2 Å². The van der Waals surface area contributed by atoms with Crippen molar-refractivity contribution in [3.63, 3.8) is 0 Å². The molecule has 1 aliphatic rings. The molecule has 0 saturated carbocycles. The topological polar surface area (TPSA) is 74.3 Å². The Labute approximate surface area is 183 Å².